The average molecular weight is 434 g/mol. The molecule has 2 heterocycles. The molecular formula is C23H36ClN5O. The predicted octanol–water partition coefficient (Wildman–Crippen LogP) is 2.90. The molecule has 0 aromatic heterocycles. The van der Waals surface area contributed by atoms with Crippen molar-refractivity contribution in [1.29, 1.82) is 0 Å². The van der Waals surface area contributed by atoms with Gasteiger partial charge >= 0.3 is 0 Å². The van der Waals surface area contributed by atoms with E-state index < -0.39 is 0 Å². The van der Waals surface area contributed by atoms with E-state index in [1.54, 1.807) is 0 Å². The molecule has 4 rings (SSSR count). The highest BCUT2D eigenvalue weighted by Crippen LogP contribution is 2.27. The minimum Gasteiger partial charge on any atom is -0.379 e. The molecule has 166 valence electrons. The summed E-state index contributed by atoms with van der Waals surface area (Å²) in [6, 6.07) is 9.74. The van der Waals surface area contributed by atoms with Crippen LogP contribution in [0.2, 0.25) is 5.02 Å². The maximum Gasteiger partial charge on any atom is 0.191 e. The fraction of sp³-hybridized carbons (Fsp3) is 0.696. The summed E-state index contributed by atoms with van der Waals surface area (Å²) in [5, 5.41) is 8.04. The van der Waals surface area contributed by atoms with E-state index in [0.717, 1.165) is 56.4 Å². The molecule has 3 fully saturated rings. The third-order valence-electron chi connectivity index (χ3n) is 6.81. The van der Waals surface area contributed by atoms with Gasteiger partial charge in [0, 0.05) is 56.9 Å². The van der Waals surface area contributed by atoms with E-state index >= 15 is 0 Å². The first kappa shape index (κ1) is 21.9. The zero-order valence-corrected chi connectivity index (χ0v) is 18.9. The van der Waals surface area contributed by atoms with E-state index in [9.17, 15) is 0 Å². The Kier molecular flexibility index (Phi) is 7.88. The molecule has 2 atom stereocenters. The first-order valence-electron chi connectivity index (χ1n) is 11.5. The first-order valence-corrected chi connectivity index (χ1v) is 11.9. The van der Waals surface area contributed by atoms with Crippen LogP contribution < -0.4 is 10.6 Å². The van der Waals surface area contributed by atoms with Crippen molar-refractivity contribution in [2.45, 2.75) is 50.2 Å². The van der Waals surface area contributed by atoms with E-state index in [1.165, 1.54) is 44.2 Å². The molecule has 2 saturated heterocycles. The van der Waals surface area contributed by atoms with E-state index in [1.807, 2.05) is 19.2 Å². The maximum atomic E-state index is 6.29. The van der Waals surface area contributed by atoms with Gasteiger partial charge in [-0.1, -0.05) is 36.6 Å². The van der Waals surface area contributed by atoms with Gasteiger partial charge < -0.3 is 15.4 Å². The van der Waals surface area contributed by atoms with E-state index in [2.05, 4.69) is 37.6 Å². The molecule has 2 aliphatic heterocycles. The normalized spacial score (nSPS) is 25.5. The van der Waals surface area contributed by atoms with Gasteiger partial charge in [-0.05, 0) is 37.0 Å². The Bertz CT molecular complexity index is 703. The Hall–Kier alpha value is -1.34. The van der Waals surface area contributed by atoms with Crippen LogP contribution in [0.1, 0.15) is 43.7 Å². The van der Waals surface area contributed by atoms with Gasteiger partial charge in [0.05, 0.1) is 19.3 Å². The molecule has 1 aromatic rings. The van der Waals surface area contributed by atoms with Crippen LogP contribution in [0, 0.1) is 0 Å². The monoisotopic (exact) mass is 433 g/mol. The SMILES string of the molecule is CN=C(NCC(c1cccc(Cl)c1)N1CCOCC1)NC1CCN(C2CCCC2)C1. The summed E-state index contributed by atoms with van der Waals surface area (Å²) in [5.74, 6) is 0.897. The number of nitrogens with zero attached hydrogens (tertiary/aromatic N) is 3. The van der Waals surface area contributed by atoms with Crippen molar-refractivity contribution in [2.75, 3.05) is 53.0 Å². The summed E-state index contributed by atoms with van der Waals surface area (Å²) < 4.78 is 5.57. The van der Waals surface area contributed by atoms with Crippen LogP contribution in [-0.2, 0) is 4.74 Å². The second-order valence-electron chi connectivity index (χ2n) is 8.74. The van der Waals surface area contributed by atoms with Crippen molar-refractivity contribution < 1.29 is 4.74 Å². The van der Waals surface area contributed by atoms with Crippen molar-refractivity contribution in [3.63, 3.8) is 0 Å². The highest BCUT2D eigenvalue weighted by molar-refractivity contribution is 6.30. The van der Waals surface area contributed by atoms with Gasteiger partial charge in [0.15, 0.2) is 5.96 Å². The number of nitrogens with one attached hydrogen (secondary N) is 2. The maximum absolute atomic E-state index is 6.29. The number of likely N-dealkylation sites (tertiary alicyclic amines) is 1. The summed E-state index contributed by atoms with van der Waals surface area (Å²) in [6.07, 6.45) is 6.74. The van der Waals surface area contributed by atoms with Crippen molar-refractivity contribution >= 4 is 17.6 Å². The molecule has 0 bridgehead atoms. The summed E-state index contributed by atoms with van der Waals surface area (Å²) in [5.41, 5.74) is 1.24. The molecule has 30 heavy (non-hydrogen) atoms. The fourth-order valence-corrected chi connectivity index (χ4v) is 5.35. The number of hydrogen-bond donors (Lipinski definition) is 2. The van der Waals surface area contributed by atoms with Crippen molar-refractivity contribution in [2.24, 2.45) is 4.99 Å². The van der Waals surface area contributed by atoms with Crippen LogP contribution >= 0.6 is 11.6 Å². The summed E-state index contributed by atoms with van der Waals surface area (Å²) in [7, 11) is 1.86. The largest absolute Gasteiger partial charge is 0.379 e. The smallest absolute Gasteiger partial charge is 0.191 e. The third-order valence-corrected chi connectivity index (χ3v) is 7.04. The molecule has 6 nitrogen and oxygen atoms in total. The summed E-state index contributed by atoms with van der Waals surface area (Å²) in [4.78, 5) is 9.67. The van der Waals surface area contributed by atoms with E-state index in [-0.39, 0.29) is 6.04 Å². The number of ether oxygens (including phenoxy) is 1. The lowest BCUT2D eigenvalue weighted by Crippen LogP contribution is -2.49. The second kappa shape index (κ2) is 10.8. The lowest BCUT2D eigenvalue weighted by atomic mass is 10.0. The third kappa shape index (κ3) is 5.67. The first-order chi connectivity index (χ1) is 14.7. The Balaban J connectivity index is 1.34. The van der Waals surface area contributed by atoms with Crippen LogP contribution in [-0.4, -0.2) is 80.8 Å². The van der Waals surface area contributed by atoms with Gasteiger partial charge in [-0.15, -0.1) is 0 Å². The minimum atomic E-state index is 0.240. The zero-order valence-electron chi connectivity index (χ0n) is 18.2. The van der Waals surface area contributed by atoms with Gasteiger partial charge in [0.25, 0.3) is 0 Å². The molecule has 1 aliphatic carbocycles. The van der Waals surface area contributed by atoms with Gasteiger partial charge in [-0.25, -0.2) is 0 Å². The Morgan fingerprint density at radius 1 is 1.20 bits per heavy atom. The van der Waals surface area contributed by atoms with Gasteiger partial charge in [-0.3, -0.25) is 14.8 Å². The molecule has 0 radical (unpaired) electrons. The minimum absolute atomic E-state index is 0.240. The molecule has 0 amide bonds. The predicted molar refractivity (Wildman–Crippen MR) is 123 cm³/mol. The molecule has 3 aliphatic rings. The number of aliphatic imine (C=N–C) groups is 1. The van der Waals surface area contributed by atoms with Gasteiger partial charge in [0.1, 0.15) is 0 Å². The van der Waals surface area contributed by atoms with Gasteiger partial charge in [-0.2, -0.15) is 0 Å². The van der Waals surface area contributed by atoms with Crippen molar-refractivity contribution in [1.82, 2.24) is 20.4 Å². The Morgan fingerprint density at radius 2 is 2.00 bits per heavy atom. The summed E-state index contributed by atoms with van der Waals surface area (Å²) >= 11 is 6.29. The lowest BCUT2D eigenvalue weighted by molar-refractivity contribution is 0.0170. The molecule has 1 saturated carbocycles. The van der Waals surface area contributed by atoms with Crippen LogP contribution in [0.5, 0.6) is 0 Å². The van der Waals surface area contributed by atoms with Crippen molar-refractivity contribution in [3.05, 3.63) is 34.9 Å². The molecule has 2 unspecified atom stereocenters. The molecule has 2 N–H and O–H groups in total. The van der Waals surface area contributed by atoms with Gasteiger partial charge in [0.2, 0.25) is 0 Å². The fourth-order valence-electron chi connectivity index (χ4n) is 5.15. The van der Waals surface area contributed by atoms with E-state index in [0.29, 0.717) is 6.04 Å². The number of guanidine groups is 1. The lowest BCUT2D eigenvalue weighted by Gasteiger charge is -2.35. The van der Waals surface area contributed by atoms with Crippen LogP contribution in [0.15, 0.2) is 29.3 Å². The Labute approximate surface area is 186 Å². The molecule has 1 aromatic carbocycles. The van der Waals surface area contributed by atoms with E-state index in [4.69, 9.17) is 16.3 Å². The highest BCUT2D eigenvalue weighted by atomic mass is 35.5. The average Bonchev–Trinajstić information content (AvgIpc) is 3.46. The standard InChI is InChI=1S/C23H36ClN5O/c1-25-23(27-20-9-10-29(17-20)21-7-2-3-8-21)26-16-22(28-11-13-30-14-12-28)18-5-4-6-19(24)15-18/h4-6,15,20-22H,2-3,7-14,16-17H2,1H3,(H2,25,26,27). The number of benzene rings is 1. The molecule has 7 heteroatoms. The summed E-state index contributed by atoms with van der Waals surface area (Å²) in [6.45, 7) is 6.56. The quantitative estimate of drug-likeness (QED) is 0.533. The molecule has 0 spiro atoms. The number of morpholine rings is 1. The topological polar surface area (TPSA) is 52.1 Å². The number of hydrogen-bond acceptors (Lipinski definition) is 4. The Morgan fingerprint density at radius 3 is 2.73 bits per heavy atom. The second-order valence-corrected chi connectivity index (χ2v) is 9.17. The number of halogens is 1. The van der Waals surface area contributed by atoms with Crippen LogP contribution in [0.4, 0.5) is 0 Å². The highest BCUT2D eigenvalue weighted by Gasteiger charge is 2.30. The number of rotatable bonds is 6. The molecular weight excluding hydrogens is 398 g/mol. The van der Waals surface area contributed by atoms with Crippen molar-refractivity contribution in [3.8, 4) is 0 Å². The van der Waals surface area contributed by atoms with Crippen LogP contribution in [0.3, 0.4) is 0 Å². The zero-order chi connectivity index (χ0) is 20.8. The van der Waals surface area contributed by atoms with Crippen LogP contribution in [0.25, 0.3) is 0 Å².